The van der Waals surface area contributed by atoms with Gasteiger partial charge in [0.05, 0.1) is 11.4 Å². The lowest BCUT2D eigenvalue weighted by Gasteiger charge is -2.11. The molecule has 0 bridgehead atoms. The van der Waals surface area contributed by atoms with E-state index < -0.39 is 5.97 Å². The number of carboxylic acids is 1. The van der Waals surface area contributed by atoms with Crippen LogP contribution in [0.25, 0.3) is 5.69 Å². The Morgan fingerprint density at radius 3 is 2.90 bits per heavy atom. The Bertz CT molecular complexity index is 703. The first-order valence-electron chi connectivity index (χ1n) is 6.31. The summed E-state index contributed by atoms with van der Waals surface area (Å²) in [4.78, 5) is 10.8. The summed E-state index contributed by atoms with van der Waals surface area (Å²) in [6.07, 6.45) is 2.17. The summed E-state index contributed by atoms with van der Waals surface area (Å²) in [7, 11) is 0. The molecule has 1 aliphatic carbocycles. The molecule has 0 radical (unpaired) electrons. The zero-order valence-corrected chi connectivity index (χ0v) is 14.0. The van der Waals surface area contributed by atoms with Crippen LogP contribution in [0.15, 0.2) is 27.8 Å². The first-order chi connectivity index (χ1) is 10.1. The van der Waals surface area contributed by atoms with Gasteiger partial charge in [-0.05, 0) is 47.0 Å². The van der Waals surface area contributed by atoms with Crippen LogP contribution < -0.4 is 0 Å². The maximum Gasteiger partial charge on any atom is 0.313 e. The topological polar surface area (TPSA) is 68.0 Å². The second kappa shape index (κ2) is 5.98. The van der Waals surface area contributed by atoms with Crippen molar-refractivity contribution in [3.63, 3.8) is 0 Å². The van der Waals surface area contributed by atoms with Gasteiger partial charge in [-0.1, -0.05) is 23.4 Å². The second-order valence-corrected chi connectivity index (χ2v) is 6.96. The fourth-order valence-corrected chi connectivity index (χ4v) is 3.25. The van der Waals surface area contributed by atoms with Crippen molar-refractivity contribution in [3.05, 3.63) is 33.5 Å². The fourth-order valence-electron chi connectivity index (χ4n) is 1.99. The molecular formula is C13H11BrClN3O2S. The lowest BCUT2D eigenvalue weighted by molar-refractivity contribution is -0.133. The van der Waals surface area contributed by atoms with Crippen LogP contribution in [0.5, 0.6) is 0 Å². The Morgan fingerprint density at radius 1 is 1.48 bits per heavy atom. The van der Waals surface area contributed by atoms with Gasteiger partial charge in [0, 0.05) is 15.4 Å². The van der Waals surface area contributed by atoms with Gasteiger partial charge in [0.15, 0.2) is 5.16 Å². The highest BCUT2D eigenvalue weighted by atomic mass is 79.9. The zero-order valence-electron chi connectivity index (χ0n) is 10.8. The summed E-state index contributed by atoms with van der Waals surface area (Å²) < 4.78 is 2.77. The summed E-state index contributed by atoms with van der Waals surface area (Å²) >= 11 is 10.8. The van der Waals surface area contributed by atoms with Crippen LogP contribution in [0.3, 0.4) is 0 Å². The van der Waals surface area contributed by atoms with Crippen molar-refractivity contribution in [2.45, 2.75) is 23.9 Å². The average Bonchev–Trinajstić information content (AvgIpc) is 3.20. The van der Waals surface area contributed by atoms with E-state index in [0.717, 1.165) is 40.6 Å². The minimum Gasteiger partial charge on any atom is -0.481 e. The van der Waals surface area contributed by atoms with Gasteiger partial charge in [-0.15, -0.1) is 10.2 Å². The Morgan fingerprint density at radius 2 is 2.24 bits per heavy atom. The van der Waals surface area contributed by atoms with Crippen molar-refractivity contribution >= 4 is 45.3 Å². The van der Waals surface area contributed by atoms with Crippen LogP contribution in [0.2, 0.25) is 5.02 Å². The third-order valence-electron chi connectivity index (χ3n) is 3.07. The van der Waals surface area contributed by atoms with E-state index in [-0.39, 0.29) is 5.75 Å². The second-order valence-electron chi connectivity index (χ2n) is 4.73. The lowest BCUT2D eigenvalue weighted by atomic mass is 10.3. The van der Waals surface area contributed by atoms with Crippen molar-refractivity contribution in [3.8, 4) is 5.69 Å². The standard InChI is InChI=1S/C13H11BrClN3O2S/c14-9-4-3-8(15)5-10(9)18-12(7-1-2-7)16-17-13(18)21-6-11(19)20/h3-5,7H,1-2,6H2,(H,19,20). The Labute approximate surface area is 138 Å². The molecule has 1 fully saturated rings. The molecule has 2 aromatic rings. The van der Waals surface area contributed by atoms with Crippen LogP contribution in [0, 0.1) is 0 Å². The van der Waals surface area contributed by atoms with Gasteiger partial charge in [0.25, 0.3) is 0 Å². The molecule has 21 heavy (non-hydrogen) atoms. The molecule has 3 rings (SSSR count). The molecule has 1 aromatic carbocycles. The molecule has 8 heteroatoms. The molecule has 1 saturated carbocycles. The van der Waals surface area contributed by atoms with E-state index in [1.165, 1.54) is 0 Å². The molecule has 0 aliphatic heterocycles. The first-order valence-corrected chi connectivity index (χ1v) is 8.47. The molecule has 110 valence electrons. The monoisotopic (exact) mass is 387 g/mol. The highest BCUT2D eigenvalue weighted by molar-refractivity contribution is 9.10. The molecule has 1 heterocycles. The number of carbonyl (C=O) groups is 1. The van der Waals surface area contributed by atoms with Crippen LogP contribution in [0.1, 0.15) is 24.6 Å². The van der Waals surface area contributed by atoms with Crippen LogP contribution in [-0.4, -0.2) is 31.6 Å². The number of benzene rings is 1. The number of halogens is 2. The number of hydrogen-bond acceptors (Lipinski definition) is 4. The predicted octanol–water partition coefficient (Wildman–Crippen LogP) is 3.74. The van der Waals surface area contributed by atoms with Crippen LogP contribution in [-0.2, 0) is 4.79 Å². The summed E-state index contributed by atoms with van der Waals surface area (Å²) in [6.45, 7) is 0. The summed E-state index contributed by atoms with van der Waals surface area (Å²) in [6, 6.07) is 5.48. The van der Waals surface area contributed by atoms with E-state index in [1.54, 1.807) is 6.07 Å². The van der Waals surface area contributed by atoms with Gasteiger partial charge in [-0.25, -0.2) is 0 Å². The summed E-state index contributed by atoms with van der Waals surface area (Å²) in [5.41, 5.74) is 0.835. The maximum absolute atomic E-state index is 10.8. The minimum atomic E-state index is -0.882. The quantitative estimate of drug-likeness (QED) is 0.790. The molecule has 1 N–H and O–H groups in total. The van der Waals surface area contributed by atoms with Gasteiger partial charge in [0.1, 0.15) is 5.82 Å². The Balaban J connectivity index is 2.07. The number of rotatable bonds is 5. The molecule has 0 atom stereocenters. The smallest absolute Gasteiger partial charge is 0.313 e. The number of aliphatic carboxylic acids is 1. The van der Waals surface area contributed by atoms with E-state index in [4.69, 9.17) is 16.7 Å². The first kappa shape index (κ1) is 14.9. The molecule has 1 aromatic heterocycles. The summed E-state index contributed by atoms with van der Waals surface area (Å²) in [5, 5.41) is 18.4. The zero-order chi connectivity index (χ0) is 15.0. The normalized spacial score (nSPS) is 14.4. The molecule has 0 unspecified atom stereocenters. The molecule has 0 spiro atoms. The molecule has 1 aliphatic rings. The van der Waals surface area contributed by atoms with Crippen molar-refractivity contribution < 1.29 is 9.90 Å². The highest BCUT2D eigenvalue weighted by Crippen LogP contribution is 2.42. The van der Waals surface area contributed by atoms with Crippen LogP contribution >= 0.6 is 39.3 Å². The van der Waals surface area contributed by atoms with Crippen molar-refractivity contribution in [1.29, 1.82) is 0 Å². The Kier molecular flexibility index (Phi) is 4.24. The average molecular weight is 389 g/mol. The van der Waals surface area contributed by atoms with E-state index in [1.807, 2.05) is 16.7 Å². The minimum absolute atomic E-state index is 0.0546. The van der Waals surface area contributed by atoms with E-state index in [2.05, 4.69) is 26.1 Å². The third kappa shape index (κ3) is 3.25. The van der Waals surface area contributed by atoms with Gasteiger partial charge < -0.3 is 5.11 Å². The van der Waals surface area contributed by atoms with Gasteiger partial charge in [-0.3, -0.25) is 9.36 Å². The number of aromatic nitrogens is 3. The number of thioether (sulfide) groups is 1. The molecular weight excluding hydrogens is 378 g/mol. The number of nitrogens with zero attached hydrogens (tertiary/aromatic N) is 3. The molecule has 0 saturated heterocycles. The Hall–Kier alpha value is -1.05. The van der Waals surface area contributed by atoms with Gasteiger partial charge >= 0.3 is 5.97 Å². The van der Waals surface area contributed by atoms with E-state index >= 15 is 0 Å². The predicted molar refractivity (Wildman–Crippen MR) is 84.4 cm³/mol. The molecule has 0 amide bonds. The van der Waals surface area contributed by atoms with Crippen molar-refractivity contribution in [1.82, 2.24) is 14.8 Å². The summed E-state index contributed by atoms with van der Waals surface area (Å²) in [5.74, 6) is 0.321. The lowest BCUT2D eigenvalue weighted by Crippen LogP contribution is -2.05. The maximum atomic E-state index is 10.8. The largest absolute Gasteiger partial charge is 0.481 e. The number of hydrogen-bond donors (Lipinski definition) is 1. The van der Waals surface area contributed by atoms with Gasteiger partial charge in [-0.2, -0.15) is 0 Å². The van der Waals surface area contributed by atoms with Gasteiger partial charge in [0.2, 0.25) is 0 Å². The third-order valence-corrected chi connectivity index (χ3v) is 4.89. The van der Waals surface area contributed by atoms with E-state index in [0.29, 0.717) is 16.1 Å². The van der Waals surface area contributed by atoms with Crippen molar-refractivity contribution in [2.24, 2.45) is 0 Å². The number of carboxylic acid groups (broad SMARTS) is 1. The van der Waals surface area contributed by atoms with Crippen LogP contribution in [0.4, 0.5) is 0 Å². The van der Waals surface area contributed by atoms with E-state index in [9.17, 15) is 4.79 Å². The highest BCUT2D eigenvalue weighted by Gasteiger charge is 2.31. The SMILES string of the molecule is O=C(O)CSc1nnc(C2CC2)n1-c1cc(Cl)ccc1Br. The fraction of sp³-hybridized carbons (Fsp3) is 0.308. The molecule has 5 nitrogen and oxygen atoms in total. The van der Waals surface area contributed by atoms with Crippen molar-refractivity contribution in [2.75, 3.05) is 5.75 Å².